The molecule has 4 saturated carbocycles. The highest BCUT2D eigenvalue weighted by molar-refractivity contribution is 5.22. The molecule has 250 valence electrons. The van der Waals surface area contributed by atoms with Crippen LogP contribution >= 0.6 is 0 Å². The Morgan fingerprint density at radius 3 is 2.14 bits per heavy atom. The highest BCUT2D eigenvalue weighted by atomic mass is 16.7. The molecule has 0 amide bonds. The lowest BCUT2D eigenvalue weighted by Gasteiger charge is -2.66. The first-order valence-electron chi connectivity index (χ1n) is 16.5. The Morgan fingerprint density at radius 1 is 0.767 bits per heavy atom. The molecule has 1 saturated heterocycles. The van der Waals surface area contributed by atoms with Gasteiger partial charge in [-0.3, -0.25) is 0 Å². The lowest BCUT2D eigenvalue weighted by atomic mass is 9.41. The summed E-state index contributed by atoms with van der Waals surface area (Å²) < 4.78 is 11.0. The Balaban J connectivity index is 1.22. The van der Waals surface area contributed by atoms with E-state index in [1.165, 1.54) is 0 Å². The number of hydrogen-bond donors (Lipinski definition) is 9. The van der Waals surface area contributed by atoms with Crippen LogP contribution in [0.4, 0.5) is 0 Å². The monoisotopic (exact) mass is 616 g/mol. The molecule has 0 unspecified atom stereocenters. The third-order valence-corrected chi connectivity index (χ3v) is 12.9. The van der Waals surface area contributed by atoms with Gasteiger partial charge in [0.05, 0.1) is 49.3 Å². The molecule has 5 aliphatic rings. The van der Waals surface area contributed by atoms with Gasteiger partial charge >= 0.3 is 0 Å². The van der Waals surface area contributed by atoms with E-state index in [0.29, 0.717) is 32.3 Å². The summed E-state index contributed by atoms with van der Waals surface area (Å²) >= 11 is 0. The Labute approximate surface area is 254 Å². The average Bonchev–Trinajstić information content (AvgIpc) is 3.14. The van der Waals surface area contributed by atoms with E-state index in [2.05, 4.69) is 13.8 Å². The first-order chi connectivity index (χ1) is 20.1. The minimum Gasteiger partial charge on any atom is -0.393 e. The maximum atomic E-state index is 12.5. The maximum absolute atomic E-state index is 12.5. The molecule has 5 rings (SSSR count). The quantitative estimate of drug-likeness (QED) is 0.176. The SMILES string of the molecule is C[C@@H](CCC[C@@H](C)[C@H]1[C@@H](O)[C@@H](O)[C@@H]2[C@]1(C)CC[C@@H]1[C@@]3(C)CC[C@H](O)[C@H](O)[C@@H]3[C@@H](O)C[C@]12O)CO[C@@H]1OC[C@H](O)[C@H](O)[C@H]1O. The van der Waals surface area contributed by atoms with Crippen LogP contribution in [0.5, 0.6) is 0 Å². The van der Waals surface area contributed by atoms with Crippen LogP contribution in [-0.4, -0.2) is 120 Å². The van der Waals surface area contributed by atoms with Gasteiger partial charge in [0.1, 0.15) is 18.3 Å². The zero-order valence-electron chi connectivity index (χ0n) is 26.1. The molecule has 0 radical (unpaired) electrons. The van der Waals surface area contributed by atoms with Crippen molar-refractivity contribution in [2.45, 2.75) is 140 Å². The number of aliphatic hydroxyl groups excluding tert-OH is 8. The Hall–Kier alpha value is -0.440. The highest BCUT2D eigenvalue weighted by Gasteiger charge is 2.73. The van der Waals surface area contributed by atoms with Gasteiger partial charge in [-0.1, -0.05) is 40.5 Å². The van der Waals surface area contributed by atoms with E-state index in [9.17, 15) is 46.0 Å². The van der Waals surface area contributed by atoms with Gasteiger partial charge in [0.15, 0.2) is 6.29 Å². The standard InChI is InChI=1S/C32H56O11/c1-15(13-42-29-27(40)24(37)19(35)14-43-29)6-5-7-16(2)21-25(38)26(39)28-31(21,4)11-9-20-30(3)10-8-17(33)23(36)22(30)18(34)12-32(20,28)41/h15-29,33-41H,5-14H2,1-4H3/t15-,16+,17-,18-,19-,20+,21-,22-,23-,24-,25+,26+,27+,28+,29+,30+,31+,32-/m0/s1. The van der Waals surface area contributed by atoms with Gasteiger partial charge in [-0.15, -0.1) is 0 Å². The second kappa shape index (κ2) is 12.3. The molecule has 4 aliphatic carbocycles. The summed E-state index contributed by atoms with van der Waals surface area (Å²) in [4.78, 5) is 0. The van der Waals surface area contributed by atoms with Crippen LogP contribution in [0.1, 0.15) is 79.1 Å². The van der Waals surface area contributed by atoms with Gasteiger partial charge < -0.3 is 55.4 Å². The Kier molecular flexibility index (Phi) is 9.70. The maximum Gasteiger partial charge on any atom is 0.186 e. The number of ether oxygens (including phenoxy) is 2. The third kappa shape index (κ3) is 5.52. The zero-order valence-corrected chi connectivity index (χ0v) is 26.1. The molecule has 1 aliphatic heterocycles. The van der Waals surface area contributed by atoms with Crippen LogP contribution in [0.2, 0.25) is 0 Å². The fourth-order valence-electron chi connectivity index (χ4n) is 10.9. The van der Waals surface area contributed by atoms with Gasteiger partial charge in [-0.2, -0.15) is 0 Å². The summed E-state index contributed by atoms with van der Waals surface area (Å²) in [7, 11) is 0. The van der Waals surface area contributed by atoms with Crippen molar-refractivity contribution in [1.29, 1.82) is 0 Å². The molecule has 18 atom stereocenters. The molecule has 43 heavy (non-hydrogen) atoms. The van der Waals surface area contributed by atoms with Crippen molar-refractivity contribution < 1.29 is 55.4 Å². The summed E-state index contributed by atoms with van der Waals surface area (Å²) in [6.45, 7) is 8.40. The molecule has 0 aromatic carbocycles. The normalized spacial score (nSPS) is 54.8. The molecule has 11 heteroatoms. The van der Waals surface area contributed by atoms with Crippen LogP contribution < -0.4 is 0 Å². The fraction of sp³-hybridized carbons (Fsp3) is 1.00. The Bertz CT molecular complexity index is 970. The van der Waals surface area contributed by atoms with E-state index < -0.39 is 83.4 Å². The first kappa shape index (κ1) is 33.9. The summed E-state index contributed by atoms with van der Waals surface area (Å²) in [6, 6.07) is 0. The lowest BCUT2D eigenvalue weighted by Crippen LogP contribution is -2.71. The fourth-order valence-corrected chi connectivity index (χ4v) is 10.9. The van der Waals surface area contributed by atoms with Crippen molar-refractivity contribution in [1.82, 2.24) is 0 Å². The number of fused-ring (bicyclic) bond motifs is 5. The lowest BCUT2D eigenvalue weighted by molar-refractivity contribution is -0.280. The average molecular weight is 617 g/mol. The first-order valence-corrected chi connectivity index (χ1v) is 16.5. The minimum atomic E-state index is -1.41. The summed E-state index contributed by atoms with van der Waals surface area (Å²) in [5, 5.41) is 97.6. The number of aliphatic hydroxyl groups is 9. The van der Waals surface area contributed by atoms with E-state index >= 15 is 0 Å². The molecule has 9 N–H and O–H groups in total. The largest absolute Gasteiger partial charge is 0.393 e. The number of hydrogen-bond acceptors (Lipinski definition) is 11. The van der Waals surface area contributed by atoms with E-state index in [4.69, 9.17) is 9.47 Å². The van der Waals surface area contributed by atoms with Crippen LogP contribution in [0.15, 0.2) is 0 Å². The van der Waals surface area contributed by atoms with Gasteiger partial charge in [-0.25, -0.2) is 0 Å². The Morgan fingerprint density at radius 2 is 1.44 bits per heavy atom. The zero-order chi connectivity index (χ0) is 31.6. The van der Waals surface area contributed by atoms with Gasteiger partial charge in [0.25, 0.3) is 0 Å². The molecule has 0 aromatic heterocycles. The number of rotatable bonds is 8. The van der Waals surface area contributed by atoms with Crippen LogP contribution in [0.3, 0.4) is 0 Å². The molecular weight excluding hydrogens is 560 g/mol. The molecule has 11 nitrogen and oxygen atoms in total. The van der Waals surface area contributed by atoms with Crippen molar-refractivity contribution in [3.8, 4) is 0 Å². The summed E-state index contributed by atoms with van der Waals surface area (Å²) in [5.41, 5.74) is -2.56. The predicted octanol–water partition coefficient (Wildman–Crippen LogP) is -0.0976. The third-order valence-electron chi connectivity index (χ3n) is 12.9. The van der Waals surface area contributed by atoms with Crippen molar-refractivity contribution in [3.05, 3.63) is 0 Å². The molecule has 5 fully saturated rings. The second-order valence-electron chi connectivity index (χ2n) is 15.6. The van der Waals surface area contributed by atoms with Crippen molar-refractivity contribution >= 4 is 0 Å². The van der Waals surface area contributed by atoms with Crippen molar-refractivity contribution in [2.24, 2.45) is 46.3 Å². The topological polar surface area (TPSA) is 201 Å². The highest BCUT2D eigenvalue weighted by Crippen LogP contribution is 2.69. The predicted molar refractivity (Wildman–Crippen MR) is 154 cm³/mol. The molecule has 0 aromatic rings. The van der Waals surface area contributed by atoms with E-state index in [0.717, 1.165) is 19.3 Å². The van der Waals surface area contributed by atoms with Crippen molar-refractivity contribution in [3.63, 3.8) is 0 Å². The van der Waals surface area contributed by atoms with Crippen LogP contribution in [-0.2, 0) is 9.47 Å². The van der Waals surface area contributed by atoms with Crippen molar-refractivity contribution in [2.75, 3.05) is 13.2 Å². The summed E-state index contributed by atoms with van der Waals surface area (Å²) in [6.07, 6.45) is -5.15. The molecule has 0 bridgehead atoms. The smallest absolute Gasteiger partial charge is 0.186 e. The van der Waals surface area contributed by atoms with E-state index in [-0.39, 0.29) is 36.7 Å². The van der Waals surface area contributed by atoms with Crippen LogP contribution in [0.25, 0.3) is 0 Å². The van der Waals surface area contributed by atoms with Gasteiger partial charge in [0.2, 0.25) is 0 Å². The van der Waals surface area contributed by atoms with E-state index in [1.807, 2.05) is 13.8 Å². The van der Waals surface area contributed by atoms with E-state index in [1.54, 1.807) is 0 Å². The van der Waals surface area contributed by atoms with Gasteiger partial charge in [0, 0.05) is 18.3 Å². The minimum absolute atomic E-state index is 0.000248. The second-order valence-corrected chi connectivity index (χ2v) is 15.6. The van der Waals surface area contributed by atoms with Gasteiger partial charge in [-0.05, 0) is 66.6 Å². The van der Waals surface area contributed by atoms with Crippen LogP contribution in [0, 0.1) is 46.3 Å². The molecule has 0 spiro atoms. The molecular formula is C32H56O11. The molecule has 1 heterocycles. The summed E-state index contributed by atoms with van der Waals surface area (Å²) in [5.74, 6) is -1.52.